The number of nitrogens with zero attached hydrogens (tertiary/aromatic N) is 3. The van der Waals surface area contributed by atoms with Gasteiger partial charge in [-0.2, -0.15) is 13.2 Å². The van der Waals surface area contributed by atoms with Crippen LogP contribution in [0.25, 0.3) is 0 Å². The number of rotatable bonds is 4. The molecule has 0 aromatic carbocycles. The first-order valence-electron chi connectivity index (χ1n) is 4.21. The second-order valence-corrected chi connectivity index (χ2v) is 3.07. The quantitative estimate of drug-likeness (QED) is 0.818. The minimum Gasteiger partial charge on any atom is -0.387 e. The van der Waals surface area contributed by atoms with E-state index in [1.54, 1.807) is 0 Å². The van der Waals surface area contributed by atoms with Gasteiger partial charge < -0.3 is 5.11 Å². The molecule has 0 aliphatic carbocycles. The van der Waals surface area contributed by atoms with Gasteiger partial charge in [-0.05, 0) is 0 Å². The van der Waals surface area contributed by atoms with Gasteiger partial charge in [-0.1, -0.05) is 5.21 Å². The lowest BCUT2D eigenvalue weighted by Gasteiger charge is -2.13. The number of alkyl halides is 5. The molecule has 0 bridgehead atoms. The van der Waals surface area contributed by atoms with E-state index in [0.29, 0.717) is 4.68 Å². The molecule has 9 heteroatoms. The fraction of sp³-hybridized carbons (Fsp3) is 0.714. The molecular weight excluding hydrogens is 237 g/mol. The van der Waals surface area contributed by atoms with E-state index in [4.69, 9.17) is 0 Å². The van der Waals surface area contributed by atoms with Gasteiger partial charge in [-0.15, -0.1) is 5.10 Å². The molecule has 0 saturated heterocycles. The van der Waals surface area contributed by atoms with Crippen molar-refractivity contribution >= 4 is 0 Å². The van der Waals surface area contributed by atoms with E-state index >= 15 is 0 Å². The van der Waals surface area contributed by atoms with E-state index in [2.05, 4.69) is 10.3 Å². The second-order valence-electron chi connectivity index (χ2n) is 3.07. The highest BCUT2D eigenvalue weighted by Crippen LogP contribution is 2.23. The molecule has 1 atom stereocenters. The molecule has 16 heavy (non-hydrogen) atoms. The van der Waals surface area contributed by atoms with Gasteiger partial charge in [-0.3, -0.25) is 0 Å². The minimum absolute atomic E-state index is 0.354. The van der Waals surface area contributed by atoms with E-state index in [1.807, 2.05) is 0 Å². The molecular formula is C7H8F5N3O. The summed E-state index contributed by atoms with van der Waals surface area (Å²) in [6.45, 7) is -1.47. The molecule has 0 aliphatic heterocycles. The first kappa shape index (κ1) is 12.8. The lowest BCUT2D eigenvalue weighted by molar-refractivity contribution is -0.143. The minimum atomic E-state index is -4.55. The van der Waals surface area contributed by atoms with Crippen molar-refractivity contribution in [2.45, 2.75) is 31.7 Å². The van der Waals surface area contributed by atoms with E-state index < -0.39 is 31.7 Å². The first-order valence-corrected chi connectivity index (χ1v) is 4.21. The molecule has 1 aromatic rings. The monoisotopic (exact) mass is 245 g/mol. The van der Waals surface area contributed by atoms with Crippen LogP contribution in [-0.2, 0) is 6.54 Å². The summed E-state index contributed by atoms with van der Waals surface area (Å²) in [4.78, 5) is 0. The van der Waals surface area contributed by atoms with Crippen molar-refractivity contribution in [1.82, 2.24) is 15.0 Å². The van der Waals surface area contributed by atoms with Crippen LogP contribution >= 0.6 is 0 Å². The molecule has 0 fully saturated rings. The van der Waals surface area contributed by atoms with Crippen LogP contribution in [0.2, 0.25) is 0 Å². The Morgan fingerprint density at radius 2 is 2.00 bits per heavy atom. The van der Waals surface area contributed by atoms with Crippen molar-refractivity contribution in [3.8, 4) is 0 Å². The highest BCUT2D eigenvalue weighted by molar-refractivity contribution is 4.99. The van der Waals surface area contributed by atoms with E-state index in [0.717, 1.165) is 6.20 Å². The van der Waals surface area contributed by atoms with Crippen molar-refractivity contribution in [3.63, 3.8) is 0 Å². The fourth-order valence-electron chi connectivity index (χ4n) is 1.11. The molecule has 0 radical (unpaired) electrons. The number of aliphatic hydroxyl groups excluding tert-OH is 1. The molecule has 1 aromatic heterocycles. The van der Waals surface area contributed by atoms with E-state index in [9.17, 15) is 27.1 Å². The number of halogens is 5. The van der Waals surface area contributed by atoms with Crippen LogP contribution in [0.5, 0.6) is 0 Å². The first-order chi connectivity index (χ1) is 7.29. The Morgan fingerprint density at radius 3 is 2.50 bits per heavy atom. The van der Waals surface area contributed by atoms with Gasteiger partial charge in [-0.25, -0.2) is 13.5 Å². The smallest absolute Gasteiger partial charge is 0.387 e. The maximum Gasteiger partial charge on any atom is 0.408 e. The maximum absolute atomic E-state index is 12.0. The van der Waals surface area contributed by atoms with Gasteiger partial charge >= 0.3 is 6.18 Å². The lowest BCUT2D eigenvalue weighted by atomic mass is 10.2. The summed E-state index contributed by atoms with van der Waals surface area (Å²) in [5, 5.41) is 15.4. The zero-order valence-corrected chi connectivity index (χ0v) is 7.82. The Balaban J connectivity index is 2.77. The lowest BCUT2D eigenvalue weighted by Crippen LogP contribution is -2.22. The van der Waals surface area contributed by atoms with Crippen LogP contribution in [0.1, 0.15) is 18.2 Å². The van der Waals surface area contributed by atoms with Crippen molar-refractivity contribution in [2.75, 3.05) is 0 Å². The van der Waals surface area contributed by atoms with Crippen LogP contribution in [0.3, 0.4) is 0 Å². The summed E-state index contributed by atoms with van der Waals surface area (Å²) < 4.78 is 60.2. The third-order valence-corrected chi connectivity index (χ3v) is 1.72. The number of hydrogen-bond acceptors (Lipinski definition) is 3. The van der Waals surface area contributed by atoms with Crippen LogP contribution in [0.15, 0.2) is 6.20 Å². The molecule has 0 spiro atoms. The van der Waals surface area contributed by atoms with Crippen LogP contribution in [-0.4, -0.2) is 32.7 Å². The largest absolute Gasteiger partial charge is 0.408 e. The Labute approximate surface area is 86.7 Å². The van der Waals surface area contributed by atoms with Crippen molar-refractivity contribution in [2.24, 2.45) is 0 Å². The third kappa shape index (κ3) is 3.72. The standard InChI is InChI=1S/C7H8F5N3O/c8-6(9)1-5(16)4-2-13-14-15(4)3-7(10,11)12/h2,5-6,16H,1,3H2. The maximum atomic E-state index is 12.0. The van der Waals surface area contributed by atoms with Crippen LogP contribution < -0.4 is 0 Å². The average Bonchev–Trinajstić information content (AvgIpc) is 2.47. The van der Waals surface area contributed by atoms with Crippen LogP contribution in [0, 0.1) is 0 Å². The summed E-state index contributed by atoms with van der Waals surface area (Å²) in [5.74, 6) is 0. The zero-order valence-electron chi connectivity index (χ0n) is 7.82. The highest BCUT2D eigenvalue weighted by Gasteiger charge is 2.31. The molecule has 0 amide bonds. The highest BCUT2D eigenvalue weighted by atomic mass is 19.4. The molecule has 92 valence electrons. The zero-order chi connectivity index (χ0) is 12.3. The van der Waals surface area contributed by atoms with E-state index in [-0.39, 0.29) is 5.69 Å². The summed E-state index contributed by atoms with van der Waals surface area (Å²) in [5.41, 5.74) is -0.377. The molecule has 0 aliphatic rings. The van der Waals surface area contributed by atoms with Gasteiger partial charge in [0.15, 0.2) is 0 Å². The van der Waals surface area contributed by atoms with Gasteiger partial charge in [0, 0.05) is 6.42 Å². The molecule has 1 heterocycles. The van der Waals surface area contributed by atoms with Crippen molar-refractivity contribution in [1.29, 1.82) is 0 Å². The molecule has 0 saturated carbocycles. The summed E-state index contributed by atoms with van der Waals surface area (Å²) in [7, 11) is 0. The predicted octanol–water partition coefficient (Wildman–Crippen LogP) is 1.53. The third-order valence-electron chi connectivity index (χ3n) is 1.72. The van der Waals surface area contributed by atoms with E-state index in [1.165, 1.54) is 0 Å². The summed E-state index contributed by atoms with van der Waals surface area (Å²) >= 11 is 0. The Kier molecular flexibility index (Phi) is 3.79. The Hall–Kier alpha value is -1.25. The van der Waals surface area contributed by atoms with Gasteiger partial charge in [0.1, 0.15) is 12.6 Å². The number of hydrogen-bond donors (Lipinski definition) is 1. The van der Waals surface area contributed by atoms with Gasteiger partial charge in [0.2, 0.25) is 6.43 Å². The normalized spacial score (nSPS) is 14.4. The van der Waals surface area contributed by atoms with Gasteiger partial charge in [0.05, 0.1) is 11.9 Å². The summed E-state index contributed by atoms with van der Waals surface area (Å²) in [6, 6.07) is 0. The number of aromatic nitrogens is 3. The predicted molar refractivity (Wildman–Crippen MR) is 41.7 cm³/mol. The van der Waals surface area contributed by atoms with Gasteiger partial charge in [0.25, 0.3) is 0 Å². The molecule has 4 nitrogen and oxygen atoms in total. The molecule has 1 rings (SSSR count). The van der Waals surface area contributed by atoms with Crippen LogP contribution in [0.4, 0.5) is 22.0 Å². The molecule has 1 unspecified atom stereocenters. The fourth-order valence-corrected chi connectivity index (χ4v) is 1.11. The average molecular weight is 245 g/mol. The number of aliphatic hydroxyl groups is 1. The Bertz CT molecular complexity index is 337. The van der Waals surface area contributed by atoms with Crippen molar-refractivity contribution < 1.29 is 27.1 Å². The second kappa shape index (κ2) is 4.73. The SMILES string of the molecule is OC(CC(F)F)c1cnnn1CC(F)(F)F. The van der Waals surface area contributed by atoms with Crippen molar-refractivity contribution in [3.05, 3.63) is 11.9 Å². The molecule has 1 N–H and O–H groups in total. The Morgan fingerprint density at radius 1 is 1.38 bits per heavy atom. The summed E-state index contributed by atoms with van der Waals surface area (Å²) in [6.07, 6.45) is -9.20. The topological polar surface area (TPSA) is 50.9 Å².